The number of anilines is 1. The second-order valence-corrected chi connectivity index (χ2v) is 11.3. The lowest BCUT2D eigenvalue weighted by Gasteiger charge is -2.32. The number of carbonyl (C=O) groups excluding carboxylic acids is 2. The number of carbonyl (C=O) groups is 2. The molecule has 0 aromatic heterocycles. The van der Waals surface area contributed by atoms with Crippen molar-refractivity contribution in [1.29, 1.82) is 0 Å². The van der Waals surface area contributed by atoms with E-state index in [2.05, 4.69) is 5.32 Å². The number of benzene rings is 3. The molecule has 0 aliphatic rings. The van der Waals surface area contributed by atoms with E-state index in [4.69, 9.17) is 0 Å². The minimum atomic E-state index is -4.06. The lowest BCUT2D eigenvalue weighted by Crippen LogP contribution is -2.52. The van der Waals surface area contributed by atoms with Gasteiger partial charge in [0.1, 0.15) is 12.6 Å². The van der Waals surface area contributed by atoms with Gasteiger partial charge in [-0.3, -0.25) is 13.9 Å². The first kappa shape index (κ1) is 28.9. The molecule has 38 heavy (non-hydrogen) atoms. The quantitative estimate of drug-likeness (QED) is 0.370. The monoisotopic (exact) mass is 535 g/mol. The number of hydrogen-bond acceptors (Lipinski definition) is 4. The van der Waals surface area contributed by atoms with Crippen LogP contribution in [0.15, 0.2) is 83.8 Å². The molecule has 7 nitrogen and oxygen atoms in total. The van der Waals surface area contributed by atoms with Crippen molar-refractivity contribution in [3.63, 3.8) is 0 Å². The molecule has 2 amide bonds. The summed E-state index contributed by atoms with van der Waals surface area (Å²) in [5.74, 6) is -0.711. The molecule has 1 N–H and O–H groups in total. The van der Waals surface area contributed by atoms with Gasteiger partial charge in [-0.1, -0.05) is 73.2 Å². The fourth-order valence-corrected chi connectivity index (χ4v) is 5.78. The molecular formula is C30H37N3O4S. The smallest absolute Gasteiger partial charge is 0.264 e. The molecule has 0 heterocycles. The van der Waals surface area contributed by atoms with Gasteiger partial charge in [-0.2, -0.15) is 0 Å². The molecule has 3 aromatic rings. The normalized spacial score (nSPS) is 12.0. The Morgan fingerprint density at radius 3 is 2.16 bits per heavy atom. The van der Waals surface area contributed by atoms with E-state index in [1.54, 1.807) is 31.2 Å². The maximum Gasteiger partial charge on any atom is 0.264 e. The predicted octanol–water partition coefficient (Wildman–Crippen LogP) is 4.48. The molecule has 0 saturated heterocycles. The third-order valence-electron chi connectivity index (χ3n) is 6.43. The van der Waals surface area contributed by atoms with Crippen LogP contribution < -0.4 is 9.62 Å². The Bertz CT molecular complexity index is 1330. The van der Waals surface area contributed by atoms with Gasteiger partial charge < -0.3 is 10.2 Å². The number of rotatable bonds is 12. The lowest BCUT2D eigenvalue weighted by molar-refractivity contribution is -0.138. The summed E-state index contributed by atoms with van der Waals surface area (Å²) in [7, 11) is -4.06. The number of hydrogen-bond donors (Lipinski definition) is 1. The Morgan fingerprint density at radius 2 is 1.55 bits per heavy atom. The Hall–Kier alpha value is -3.65. The van der Waals surface area contributed by atoms with Crippen LogP contribution in [0.25, 0.3) is 0 Å². The van der Waals surface area contributed by atoms with Gasteiger partial charge >= 0.3 is 0 Å². The van der Waals surface area contributed by atoms with Gasteiger partial charge in [-0.05, 0) is 62.9 Å². The third kappa shape index (κ3) is 7.22. The first-order valence-corrected chi connectivity index (χ1v) is 14.3. The van der Waals surface area contributed by atoms with E-state index in [-0.39, 0.29) is 17.3 Å². The van der Waals surface area contributed by atoms with Crippen molar-refractivity contribution in [2.45, 2.75) is 51.5 Å². The van der Waals surface area contributed by atoms with Gasteiger partial charge in [-0.25, -0.2) is 8.42 Å². The molecule has 0 bridgehead atoms. The zero-order valence-corrected chi connectivity index (χ0v) is 23.4. The van der Waals surface area contributed by atoms with Crippen LogP contribution in [0.4, 0.5) is 5.69 Å². The van der Waals surface area contributed by atoms with Crippen LogP contribution in [-0.4, -0.2) is 50.8 Å². The van der Waals surface area contributed by atoms with Crippen molar-refractivity contribution in [3.8, 4) is 0 Å². The van der Waals surface area contributed by atoms with E-state index in [1.807, 2.05) is 63.2 Å². The molecule has 0 radical (unpaired) electrons. The summed E-state index contributed by atoms with van der Waals surface area (Å²) < 4.78 is 28.8. The maximum absolute atomic E-state index is 13.9. The summed E-state index contributed by atoms with van der Waals surface area (Å²) in [6, 6.07) is 22.5. The highest BCUT2D eigenvalue weighted by Gasteiger charge is 2.32. The van der Waals surface area contributed by atoms with Crippen LogP contribution in [0.5, 0.6) is 0 Å². The molecule has 8 heteroatoms. The molecule has 1 atom stereocenters. The second kappa shape index (κ2) is 13.2. The zero-order valence-electron chi connectivity index (χ0n) is 22.6. The van der Waals surface area contributed by atoms with Gasteiger partial charge in [0.2, 0.25) is 11.8 Å². The third-order valence-corrected chi connectivity index (χ3v) is 8.21. The number of sulfonamides is 1. The van der Waals surface area contributed by atoms with Crippen molar-refractivity contribution < 1.29 is 18.0 Å². The summed E-state index contributed by atoms with van der Waals surface area (Å²) in [6.45, 7) is 7.74. The van der Waals surface area contributed by atoms with E-state index in [0.717, 1.165) is 27.4 Å². The highest BCUT2D eigenvalue weighted by Crippen LogP contribution is 2.28. The molecule has 0 unspecified atom stereocenters. The fourth-order valence-electron chi connectivity index (χ4n) is 4.28. The van der Waals surface area contributed by atoms with E-state index in [0.29, 0.717) is 18.7 Å². The Kier molecular flexibility index (Phi) is 10.1. The van der Waals surface area contributed by atoms with Crippen molar-refractivity contribution in [2.24, 2.45) is 0 Å². The van der Waals surface area contributed by atoms with Crippen LogP contribution in [0.1, 0.15) is 37.0 Å². The highest BCUT2D eigenvalue weighted by molar-refractivity contribution is 7.92. The Labute approximate surface area is 226 Å². The average molecular weight is 536 g/mol. The van der Waals surface area contributed by atoms with Crippen LogP contribution in [-0.2, 0) is 26.0 Å². The molecule has 3 rings (SSSR count). The number of amides is 2. The molecule has 0 spiro atoms. The van der Waals surface area contributed by atoms with Gasteiger partial charge in [-0.15, -0.1) is 0 Å². The zero-order chi connectivity index (χ0) is 27.7. The molecule has 3 aromatic carbocycles. The van der Waals surface area contributed by atoms with Crippen molar-refractivity contribution in [1.82, 2.24) is 10.2 Å². The number of aryl methyl sites for hydroxylation is 2. The molecule has 0 saturated carbocycles. The summed E-state index contributed by atoms with van der Waals surface area (Å²) in [4.78, 5) is 28.3. The van der Waals surface area contributed by atoms with Crippen LogP contribution in [0, 0.1) is 13.8 Å². The summed E-state index contributed by atoms with van der Waals surface area (Å²) in [5.41, 5.74) is 3.18. The molecule has 0 fully saturated rings. The Balaban J connectivity index is 1.98. The molecule has 202 valence electrons. The Morgan fingerprint density at radius 1 is 0.921 bits per heavy atom. The molecule has 0 aliphatic carbocycles. The minimum Gasteiger partial charge on any atom is -0.354 e. The fraction of sp³-hybridized carbons (Fsp3) is 0.333. The van der Waals surface area contributed by atoms with Crippen molar-refractivity contribution in [3.05, 3.63) is 95.6 Å². The van der Waals surface area contributed by atoms with E-state index in [9.17, 15) is 18.0 Å². The number of nitrogens with one attached hydrogen (secondary N) is 1. The topological polar surface area (TPSA) is 86.8 Å². The summed E-state index contributed by atoms with van der Waals surface area (Å²) >= 11 is 0. The largest absolute Gasteiger partial charge is 0.354 e. The lowest BCUT2D eigenvalue weighted by atomic mass is 10.1. The predicted molar refractivity (Wildman–Crippen MR) is 152 cm³/mol. The van der Waals surface area contributed by atoms with Gasteiger partial charge in [0.25, 0.3) is 10.0 Å². The van der Waals surface area contributed by atoms with Crippen molar-refractivity contribution >= 4 is 27.5 Å². The van der Waals surface area contributed by atoms with Gasteiger partial charge in [0.05, 0.1) is 10.6 Å². The molecule has 0 aliphatic heterocycles. The average Bonchev–Trinajstić information content (AvgIpc) is 2.91. The molecular weight excluding hydrogens is 498 g/mol. The first-order valence-electron chi connectivity index (χ1n) is 12.9. The highest BCUT2D eigenvalue weighted by atomic mass is 32.2. The second-order valence-electron chi connectivity index (χ2n) is 9.40. The van der Waals surface area contributed by atoms with Crippen LogP contribution in [0.2, 0.25) is 0 Å². The van der Waals surface area contributed by atoms with Gasteiger partial charge in [0, 0.05) is 13.1 Å². The summed E-state index contributed by atoms with van der Waals surface area (Å²) in [5, 5.41) is 2.86. The SMILES string of the molecule is CCCNC(=O)[C@H](C)N(CCc1ccccc1)C(=O)CN(c1ccc(C)cc1C)S(=O)(=O)c1ccccc1. The van der Waals surface area contributed by atoms with Crippen LogP contribution >= 0.6 is 0 Å². The maximum atomic E-state index is 13.9. The first-order chi connectivity index (χ1) is 18.1. The van der Waals surface area contributed by atoms with Gasteiger partial charge in [0.15, 0.2) is 0 Å². The summed E-state index contributed by atoms with van der Waals surface area (Å²) in [6.07, 6.45) is 1.30. The van der Waals surface area contributed by atoms with Crippen LogP contribution in [0.3, 0.4) is 0 Å². The number of nitrogens with zero attached hydrogens (tertiary/aromatic N) is 2. The van der Waals surface area contributed by atoms with E-state index >= 15 is 0 Å². The minimum absolute atomic E-state index is 0.0948. The van der Waals surface area contributed by atoms with Crippen molar-refractivity contribution in [2.75, 3.05) is 23.9 Å². The van der Waals surface area contributed by atoms with E-state index in [1.165, 1.54) is 17.0 Å². The standard InChI is InChI=1S/C30H37N3O4S/c1-5-19-31-30(35)25(4)32(20-18-26-12-8-6-9-13-26)29(34)22-33(28-17-16-23(2)21-24(28)3)38(36,37)27-14-10-7-11-15-27/h6-17,21,25H,5,18-20,22H2,1-4H3,(H,31,35)/t25-/m0/s1. The van der Waals surface area contributed by atoms with E-state index < -0.39 is 28.5 Å².